The van der Waals surface area contributed by atoms with Gasteiger partial charge in [0, 0.05) is 29.8 Å². The summed E-state index contributed by atoms with van der Waals surface area (Å²) in [7, 11) is 0. The van der Waals surface area contributed by atoms with Crippen LogP contribution in [0.5, 0.6) is 0 Å². The lowest BCUT2D eigenvalue weighted by molar-refractivity contribution is -0.139. The smallest absolute Gasteiger partial charge is 0.232 e. The standard InChI is InChI=1S/C8H12N4O2/c1-5-6(2)8(14)12(7(5)13)4-3-10-11-9/h5-6H,3-4H2,1-2H3. The summed E-state index contributed by atoms with van der Waals surface area (Å²) in [5.74, 6) is -0.853. The molecule has 1 saturated heterocycles. The molecular formula is C8H12N4O2. The van der Waals surface area contributed by atoms with Crippen LogP contribution in [0.4, 0.5) is 0 Å². The van der Waals surface area contributed by atoms with Crippen molar-refractivity contribution in [2.45, 2.75) is 13.8 Å². The van der Waals surface area contributed by atoms with Gasteiger partial charge in [0.25, 0.3) is 0 Å². The van der Waals surface area contributed by atoms with Crippen LogP contribution < -0.4 is 0 Å². The summed E-state index contributed by atoms with van der Waals surface area (Å²) in [4.78, 5) is 26.7. The molecule has 1 rings (SSSR count). The number of nitrogens with zero attached hydrogens (tertiary/aromatic N) is 4. The first-order valence-corrected chi connectivity index (χ1v) is 4.45. The third-order valence-electron chi connectivity index (χ3n) is 2.55. The first kappa shape index (κ1) is 10.5. The van der Waals surface area contributed by atoms with E-state index in [4.69, 9.17) is 5.53 Å². The van der Waals surface area contributed by atoms with Crippen LogP contribution in [0.15, 0.2) is 5.11 Å². The maximum atomic E-state index is 11.5. The molecule has 6 heteroatoms. The zero-order chi connectivity index (χ0) is 10.7. The van der Waals surface area contributed by atoms with E-state index in [-0.39, 0.29) is 36.7 Å². The fourth-order valence-electron chi connectivity index (χ4n) is 1.44. The molecule has 0 radical (unpaired) electrons. The molecule has 2 amide bonds. The third-order valence-corrected chi connectivity index (χ3v) is 2.55. The summed E-state index contributed by atoms with van der Waals surface area (Å²) in [6.07, 6.45) is 0. The minimum absolute atomic E-state index is 0.146. The zero-order valence-electron chi connectivity index (χ0n) is 8.17. The Morgan fingerprint density at radius 1 is 1.36 bits per heavy atom. The average Bonchev–Trinajstić information content (AvgIpc) is 2.35. The Labute approximate surface area is 81.5 Å². The maximum Gasteiger partial charge on any atom is 0.232 e. The van der Waals surface area contributed by atoms with Gasteiger partial charge in [-0.15, -0.1) is 0 Å². The van der Waals surface area contributed by atoms with Crippen LogP contribution in [0.2, 0.25) is 0 Å². The van der Waals surface area contributed by atoms with Crippen LogP contribution in [0, 0.1) is 11.8 Å². The highest BCUT2D eigenvalue weighted by atomic mass is 16.2. The van der Waals surface area contributed by atoms with Gasteiger partial charge in [-0.2, -0.15) is 0 Å². The van der Waals surface area contributed by atoms with E-state index < -0.39 is 0 Å². The van der Waals surface area contributed by atoms with Gasteiger partial charge in [-0.05, 0) is 5.53 Å². The van der Waals surface area contributed by atoms with Crippen molar-refractivity contribution >= 4 is 11.8 Å². The highest BCUT2D eigenvalue weighted by molar-refractivity contribution is 6.04. The first-order chi connectivity index (χ1) is 6.59. The van der Waals surface area contributed by atoms with Gasteiger partial charge in [0.15, 0.2) is 0 Å². The van der Waals surface area contributed by atoms with Gasteiger partial charge in [0.1, 0.15) is 0 Å². The van der Waals surface area contributed by atoms with Crippen molar-refractivity contribution in [1.82, 2.24) is 4.90 Å². The molecule has 1 fully saturated rings. The van der Waals surface area contributed by atoms with E-state index in [1.54, 1.807) is 13.8 Å². The van der Waals surface area contributed by atoms with Crippen molar-refractivity contribution < 1.29 is 9.59 Å². The predicted octanol–water partition coefficient (Wildman–Crippen LogP) is 0.938. The SMILES string of the molecule is CC1C(=O)N(CCN=[N+]=[N-])C(=O)C1C. The Hall–Kier alpha value is -1.55. The van der Waals surface area contributed by atoms with Crippen LogP contribution in [-0.2, 0) is 9.59 Å². The minimum atomic E-state index is -0.256. The van der Waals surface area contributed by atoms with Crippen molar-refractivity contribution in [3.8, 4) is 0 Å². The van der Waals surface area contributed by atoms with Gasteiger partial charge >= 0.3 is 0 Å². The summed E-state index contributed by atoms with van der Waals surface area (Å²) >= 11 is 0. The third kappa shape index (κ3) is 1.70. The van der Waals surface area contributed by atoms with E-state index in [2.05, 4.69) is 10.0 Å². The second-order valence-corrected chi connectivity index (χ2v) is 3.36. The van der Waals surface area contributed by atoms with Crippen molar-refractivity contribution in [3.63, 3.8) is 0 Å². The molecule has 1 aliphatic heterocycles. The maximum absolute atomic E-state index is 11.5. The number of carbonyl (C=O) groups is 2. The molecule has 76 valence electrons. The number of likely N-dealkylation sites (tertiary alicyclic amines) is 1. The number of rotatable bonds is 3. The zero-order valence-corrected chi connectivity index (χ0v) is 8.17. The fraction of sp³-hybridized carbons (Fsp3) is 0.750. The Bertz CT molecular complexity index is 288. The molecule has 0 spiro atoms. The normalized spacial score (nSPS) is 26.6. The molecule has 1 heterocycles. The fourth-order valence-corrected chi connectivity index (χ4v) is 1.44. The van der Waals surface area contributed by atoms with Crippen molar-refractivity contribution in [2.75, 3.05) is 13.1 Å². The topological polar surface area (TPSA) is 86.1 Å². The first-order valence-electron chi connectivity index (χ1n) is 4.45. The summed E-state index contributed by atoms with van der Waals surface area (Å²) in [5.41, 5.74) is 8.05. The van der Waals surface area contributed by atoms with Gasteiger partial charge < -0.3 is 0 Å². The number of hydrogen-bond donors (Lipinski definition) is 0. The van der Waals surface area contributed by atoms with E-state index in [0.29, 0.717) is 0 Å². The molecule has 2 unspecified atom stereocenters. The summed E-state index contributed by atoms with van der Waals surface area (Å²) in [6, 6.07) is 0. The monoisotopic (exact) mass is 196 g/mol. The molecular weight excluding hydrogens is 184 g/mol. The Morgan fingerprint density at radius 3 is 2.29 bits per heavy atom. The summed E-state index contributed by atoms with van der Waals surface area (Å²) < 4.78 is 0. The summed E-state index contributed by atoms with van der Waals surface area (Å²) in [6.45, 7) is 3.81. The van der Waals surface area contributed by atoms with Crippen molar-refractivity contribution in [1.29, 1.82) is 0 Å². The number of imide groups is 1. The lowest BCUT2D eigenvalue weighted by Gasteiger charge is -2.11. The molecule has 2 atom stereocenters. The van der Waals surface area contributed by atoms with E-state index in [1.165, 1.54) is 4.90 Å². The molecule has 0 saturated carbocycles. The second-order valence-electron chi connectivity index (χ2n) is 3.36. The Morgan fingerprint density at radius 2 is 1.86 bits per heavy atom. The second kappa shape index (κ2) is 4.11. The van der Waals surface area contributed by atoms with Gasteiger partial charge in [0.05, 0.1) is 0 Å². The molecule has 0 aromatic heterocycles. The quantitative estimate of drug-likeness (QED) is 0.291. The molecule has 0 bridgehead atoms. The van der Waals surface area contributed by atoms with Crippen LogP contribution in [0.1, 0.15) is 13.8 Å². The minimum Gasteiger partial charge on any atom is -0.282 e. The van der Waals surface area contributed by atoms with Crippen LogP contribution >= 0.6 is 0 Å². The number of azide groups is 1. The Balaban J connectivity index is 2.65. The predicted molar refractivity (Wildman–Crippen MR) is 49.1 cm³/mol. The van der Waals surface area contributed by atoms with Gasteiger partial charge in [0.2, 0.25) is 11.8 Å². The van der Waals surface area contributed by atoms with Crippen molar-refractivity contribution in [2.24, 2.45) is 17.0 Å². The van der Waals surface area contributed by atoms with Crippen LogP contribution in [0.3, 0.4) is 0 Å². The highest BCUT2D eigenvalue weighted by Crippen LogP contribution is 2.24. The Kier molecular flexibility index (Phi) is 3.09. The van der Waals surface area contributed by atoms with Crippen molar-refractivity contribution in [3.05, 3.63) is 10.4 Å². The van der Waals surface area contributed by atoms with Gasteiger partial charge in [-0.25, -0.2) is 0 Å². The number of amides is 2. The summed E-state index contributed by atoms with van der Waals surface area (Å²) in [5, 5.41) is 3.29. The molecule has 0 aliphatic carbocycles. The lowest BCUT2D eigenvalue weighted by atomic mass is 10.00. The highest BCUT2D eigenvalue weighted by Gasteiger charge is 2.41. The largest absolute Gasteiger partial charge is 0.282 e. The van der Waals surface area contributed by atoms with Gasteiger partial charge in [-0.3, -0.25) is 14.5 Å². The molecule has 0 N–H and O–H groups in total. The van der Waals surface area contributed by atoms with E-state index in [1.807, 2.05) is 0 Å². The van der Waals surface area contributed by atoms with Crippen LogP contribution in [0.25, 0.3) is 10.4 Å². The molecule has 0 aromatic carbocycles. The number of hydrogen-bond acceptors (Lipinski definition) is 3. The van der Waals surface area contributed by atoms with Crippen LogP contribution in [-0.4, -0.2) is 29.8 Å². The molecule has 6 nitrogen and oxygen atoms in total. The molecule has 14 heavy (non-hydrogen) atoms. The van der Waals surface area contributed by atoms with E-state index >= 15 is 0 Å². The average molecular weight is 196 g/mol. The molecule has 1 aliphatic rings. The van der Waals surface area contributed by atoms with Gasteiger partial charge in [-0.1, -0.05) is 19.0 Å². The number of carbonyl (C=O) groups excluding carboxylic acids is 2. The van der Waals surface area contributed by atoms with E-state index in [0.717, 1.165) is 0 Å². The van der Waals surface area contributed by atoms with E-state index in [9.17, 15) is 9.59 Å². The lowest BCUT2D eigenvalue weighted by Crippen LogP contribution is -2.33. The molecule has 0 aromatic rings.